The fourth-order valence-corrected chi connectivity index (χ4v) is 2.38. The Hall–Kier alpha value is -1.95. The summed E-state index contributed by atoms with van der Waals surface area (Å²) in [5.41, 5.74) is 1.95. The van der Waals surface area contributed by atoms with Crippen LogP contribution in [0.15, 0.2) is 23.6 Å². The van der Waals surface area contributed by atoms with Crippen molar-refractivity contribution in [2.24, 2.45) is 0 Å². The van der Waals surface area contributed by atoms with Crippen LogP contribution in [0.1, 0.15) is 18.2 Å². The van der Waals surface area contributed by atoms with E-state index in [1.807, 2.05) is 6.92 Å². The standard InChI is InChI=1S/C14H15FN2O2S/c1-3-19-13(18)7-10-8-20-14(16-10)17-12-6-9(2)4-5-11(12)15/h4-6,8H,3,7H2,1-2H3,(H,16,17). The SMILES string of the molecule is CCOC(=O)Cc1csc(Nc2cc(C)ccc2F)n1. The molecule has 1 aromatic heterocycles. The Morgan fingerprint density at radius 1 is 1.50 bits per heavy atom. The summed E-state index contributed by atoms with van der Waals surface area (Å²) in [5.74, 6) is -0.649. The lowest BCUT2D eigenvalue weighted by Gasteiger charge is -2.05. The molecular formula is C14H15FN2O2S. The Balaban J connectivity index is 2.06. The van der Waals surface area contributed by atoms with Gasteiger partial charge in [0, 0.05) is 5.38 Å². The summed E-state index contributed by atoms with van der Waals surface area (Å²) < 4.78 is 18.5. The van der Waals surface area contributed by atoms with Crippen LogP contribution in [0, 0.1) is 12.7 Å². The van der Waals surface area contributed by atoms with Crippen molar-refractivity contribution in [2.45, 2.75) is 20.3 Å². The number of carbonyl (C=O) groups is 1. The minimum atomic E-state index is -0.335. The molecule has 0 radical (unpaired) electrons. The summed E-state index contributed by atoms with van der Waals surface area (Å²) in [6.45, 7) is 3.99. The highest BCUT2D eigenvalue weighted by atomic mass is 32.1. The number of rotatable bonds is 5. The van der Waals surface area contributed by atoms with Crippen molar-refractivity contribution in [2.75, 3.05) is 11.9 Å². The van der Waals surface area contributed by atoms with E-state index >= 15 is 0 Å². The average Bonchev–Trinajstić information content (AvgIpc) is 2.81. The van der Waals surface area contributed by atoms with Crippen LogP contribution in [0.4, 0.5) is 15.2 Å². The predicted molar refractivity (Wildman–Crippen MR) is 76.9 cm³/mol. The second-order valence-corrected chi connectivity index (χ2v) is 5.09. The number of aromatic nitrogens is 1. The van der Waals surface area contributed by atoms with Gasteiger partial charge in [0.25, 0.3) is 0 Å². The number of carbonyl (C=O) groups excluding carboxylic acids is 1. The zero-order valence-electron chi connectivity index (χ0n) is 11.3. The van der Waals surface area contributed by atoms with Crippen molar-refractivity contribution in [3.8, 4) is 0 Å². The number of halogens is 1. The summed E-state index contributed by atoms with van der Waals surface area (Å²) in [4.78, 5) is 15.6. The second-order valence-electron chi connectivity index (χ2n) is 4.23. The maximum absolute atomic E-state index is 13.6. The summed E-state index contributed by atoms with van der Waals surface area (Å²) in [6, 6.07) is 4.82. The largest absolute Gasteiger partial charge is 0.466 e. The van der Waals surface area contributed by atoms with E-state index in [0.717, 1.165) is 5.56 Å². The number of esters is 1. The highest BCUT2D eigenvalue weighted by Gasteiger charge is 2.10. The number of thiazole rings is 1. The Bertz CT molecular complexity index is 613. The average molecular weight is 294 g/mol. The third-order valence-electron chi connectivity index (χ3n) is 2.55. The van der Waals surface area contributed by atoms with Crippen molar-refractivity contribution in [3.05, 3.63) is 40.7 Å². The fourth-order valence-electron chi connectivity index (χ4n) is 1.66. The first kappa shape index (κ1) is 14.5. The van der Waals surface area contributed by atoms with Gasteiger partial charge in [0.15, 0.2) is 5.13 Å². The number of hydrogen-bond donors (Lipinski definition) is 1. The maximum Gasteiger partial charge on any atom is 0.311 e. The van der Waals surface area contributed by atoms with Crippen LogP contribution in [0.5, 0.6) is 0 Å². The Labute approximate surface area is 120 Å². The van der Waals surface area contributed by atoms with Crippen molar-refractivity contribution < 1.29 is 13.9 Å². The van der Waals surface area contributed by atoms with E-state index in [1.165, 1.54) is 17.4 Å². The van der Waals surface area contributed by atoms with Gasteiger partial charge in [-0.1, -0.05) is 6.07 Å². The molecule has 0 unspecified atom stereocenters. The summed E-state index contributed by atoms with van der Waals surface area (Å²) in [5, 5.41) is 5.23. The van der Waals surface area contributed by atoms with E-state index in [4.69, 9.17) is 4.74 Å². The van der Waals surface area contributed by atoms with E-state index < -0.39 is 0 Å². The molecule has 0 fully saturated rings. The first-order chi connectivity index (χ1) is 9.58. The van der Waals surface area contributed by atoms with Crippen LogP contribution in [0.2, 0.25) is 0 Å². The van der Waals surface area contributed by atoms with Gasteiger partial charge in [0.05, 0.1) is 24.4 Å². The number of benzene rings is 1. The van der Waals surface area contributed by atoms with E-state index in [-0.39, 0.29) is 18.2 Å². The van der Waals surface area contributed by atoms with E-state index in [0.29, 0.717) is 23.1 Å². The molecule has 1 aromatic carbocycles. The summed E-state index contributed by atoms with van der Waals surface area (Å²) in [7, 11) is 0. The number of anilines is 2. The predicted octanol–water partition coefficient (Wildman–Crippen LogP) is 3.44. The minimum absolute atomic E-state index is 0.127. The van der Waals surface area contributed by atoms with Crippen molar-refractivity contribution in [1.29, 1.82) is 0 Å². The highest BCUT2D eigenvalue weighted by molar-refractivity contribution is 7.13. The molecule has 0 aliphatic heterocycles. The molecule has 2 aromatic rings. The fraction of sp³-hybridized carbons (Fsp3) is 0.286. The van der Waals surface area contributed by atoms with Gasteiger partial charge >= 0.3 is 5.97 Å². The number of nitrogens with one attached hydrogen (secondary N) is 1. The Morgan fingerprint density at radius 3 is 3.05 bits per heavy atom. The Morgan fingerprint density at radius 2 is 2.30 bits per heavy atom. The molecular weight excluding hydrogens is 279 g/mol. The summed E-state index contributed by atoms with van der Waals surface area (Å²) in [6.07, 6.45) is 0.127. The van der Waals surface area contributed by atoms with Gasteiger partial charge in [-0.3, -0.25) is 4.79 Å². The molecule has 4 nitrogen and oxygen atoms in total. The molecule has 0 bridgehead atoms. The third kappa shape index (κ3) is 3.77. The van der Waals surface area contributed by atoms with Crippen LogP contribution in [-0.2, 0) is 16.0 Å². The molecule has 2 rings (SSSR count). The molecule has 1 N–H and O–H groups in total. The van der Waals surface area contributed by atoms with Crippen molar-refractivity contribution in [1.82, 2.24) is 4.98 Å². The van der Waals surface area contributed by atoms with E-state index in [2.05, 4.69) is 10.3 Å². The first-order valence-corrected chi connectivity index (χ1v) is 7.09. The quantitative estimate of drug-likeness (QED) is 0.858. The molecule has 0 saturated carbocycles. The maximum atomic E-state index is 13.6. The van der Waals surface area contributed by atoms with Gasteiger partial charge in [0.1, 0.15) is 5.82 Å². The number of ether oxygens (including phenoxy) is 1. The minimum Gasteiger partial charge on any atom is -0.466 e. The van der Waals surface area contributed by atoms with Crippen LogP contribution in [0.3, 0.4) is 0 Å². The molecule has 0 aliphatic carbocycles. The molecule has 106 valence electrons. The zero-order valence-corrected chi connectivity index (χ0v) is 12.1. The number of hydrogen-bond acceptors (Lipinski definition) is 5. The van der Waals surface area contributed by atoms with Gasteiger partial charge in [-0.2, -0.15) is 0 Å². The Kier molecular flexibility index (Phi) is 4.68. The van der Waals surface area contributed by atoms with Crippen LogP contribution < -0.4 is 5.32 Å². The number of aryl methyl sites for hydroxylation is 1. The van der Waals surface area contributed by atoms with Gasteiger partial charge in [-0.25, -0.2) is 9.37 Å². The van der Waals surface area contributed by atoms with Crippen LogP contribution >= 0.6 is 11.3 Å². The van der Waals surface area contributed by atoms with Gasteiger partial charge < -0.3 is 10.1 Å². The smallest absolute Gasteiger partial charge is 0.311 e. The normalized spacial score (nSPS) is 10.3. The van der Waals surface area contributed by atoms with E-state index in [9.17, 15) is 9.18 Å². The third-order valence-corrected chi connectivity index (χ3v) is 3.35. The van der Waals surface area contributed by atoms with Crippen LogP contribution in [-0.4, -0.2) is 17.6 Å². The first-order valence-electron chi connectivity index (χ1n) is 6.21. The van der Waals surface area contributed by atoms with Crippen molar-refractivity contribution in [3.63, 3.8) is 0 Å². The molecule has 0 amide bonds. The topological polar surface area (TPSA) is 51.2 Å². The monoisotopic (exact) mass is 294 g/mol. The lowest BCUT2D eigenvalue weighted by Crippen LogP contribution is -2.07. The molecule has 0 aliphatic rings. The molecule has 20 heavy (non-hydrogen) atoms. The molecule has 1 heterocycles. The molecule has 0 atom stereocenters. The molecule has 0 spiro atoms. The van der Waals surface area contributed by atoms with Gasteiger partial charge in [-0.15, -0.1) is 11.3 Å². The highest BCUT2D eigenvalue weighted by Crippen LogP contribution is 2.24. The van der Waals surface area contributed by atoms with Crippen LogP contribution in [0.25, 0.3) is 0 Å². The van der Waals surface area contributed by atoms with Gasteiger partial charge in [-0.05, 0) is 31.5 Å². The summed E-state index contributed by atoms with van der Waals surface area (Å²) >= 11 is 1.32. The van der Waals surface area contributed by atoms with E-state index in [1.54, 1.807) is 24.4 Å². The molecule has 6 heteroatoms. The molecule has 0 saturated heterocycles. The van der Waals surface area contributed by atoms with Gasteiger partial charge in [0.2, 0.25) is 0 Å². The number of nitrogens with zero attached hydrogens (tertiary/aromatic N) is 1. The lowest BCUT2D eigenvalue weighted by atomic mass is 10.2. The van der Waals surface area contributed by atoms with Crippen molar-refractivity contribution >= 4 is 28.1 Å². The lowest BCUT2D eigenvalue weighted by molar-refractivity contribution is -0.142. The second kappa shape index (κ2) is 6.47. The zero-order chi connectivity index (χ0) is 14.5.